The van der Waals surface area contributed by atoms with Crippen molar-refractivity contribution in [2.24, 2.45) is 0 Å². The molecule has 1 aromatic heterocycles. The zero-order valence-electron chi connectivity index (χ0n) is 24.5. The van der Waals surface area contributed by atoms with Gasteiger partial charge in [-0.05, 0) is 77.4 Å². The number of nitriles is 1. The van der Waals surface area contributed by atoms with E-state index in [0.717, 1.165) is 4.90 Å². The summed E-state index contributed by atoms with van der Waals surface area (Å²) in [5, 5.41) is 20.3. The standard InChI is InChI=1S/C31H31ClN4O7/c1-30(2,3)42-28(40)34-16-20(22-12-11-21(32)14-23(22)34)13-24-26(38)35(27(39)36(24)29(41)43-31(4,5)6)25(17-37)19-9-7-18(15-33)8-10-19/h7-14,16,25,37H,17H2,1-6H3/b24-13-. The number of aromatic nitrogens is 1. The van der Waals surface area contributed by atoms with Gasteiger partial charge in [-0.3, -0.25) is 9.36 Å². The van der Waals surface area contributed by atoms with Crippen LogP contribution in [0.15, 0.2) is 54.4 Å². The van der Waals surface area contributed by atoms with Crippen LogP contribution in [-0.4, -0.2) is 61.4 Å². The molecule has 2 aromatic carbocycles. The molecule has 2 heterocycles. The number of fused-ring (bicyclic) bond motifs is 1. The van der Waals surface area contributed by atoms with E-state index in [-0.39, 0.29) is 5.70 Å². The number of aliphatic hydroxyl groups excluding tert-OH is 1. The molecule has 0 spiro atoms. The third-order valence-electron chi connectivity index (χ3n) is 6.24. The van der Waals surface area contributed by atoms with Crippen molar-refractivity contribution in [1.82, 2.24) is 14.4 Å². The molecule has 1 N–H and O–H groups in total. The average molecular weight is 607 g/mol. The van der Waals surface area contributed by atoms with Gasteiger partial charge in [0.15, 0.2) is 0 Å². The highest BCUT2D eigenvalue weighted by atomic mass is 35.5. The molecule has 11 nitrogen and oxygen atoms in total. The van der Waals surface area contributed by atoms with Crippen LogP contribution in [0.1, 0.15) is 64.3 Å². The zero-order chi connectivity index (χ0) is 31.9. The molecular formula is C31H31ClN4O7. The number of rotatable bonds is 4. The lowest BCUT2D eigenvalue weighted by Crippen LogP contribution is -2.41. The number of halogens is 1. The Morgan fingerprint density at radius 2 is 1.60 bits per heavy atom. The highest BCUT2D eigenvalue weighted by Crippen LogP contribution is 2.35. The SMILES string of the molecule is CC(C)(C)OC(=O)N1C(=O)N(C(CO)c2ccc(C#N)cc2)C(=O)/C1=C/c1cn(C(=O)OC(C)(C)C)c2cc(Cl)ccc12. The van der Waals surface area contributed by atoms with E-state index in [9.17, 15) is 24.3 Å². The summed E-state index contributed by atoms with van der Waals surface area (Å²) in [6, 6.07) is 10.6. The Balaban J connectivity index is 1.88. The number of benzene rings is 2. The van der Waals surface area contributed by atoms with E-state index in [1.54, 1.807) is 59.7 Å². The predicted octanol–water partition coefficient (Wildman–Crippen LogP) is 6.22. The Labute approximate surface area is 253 Å². The lowest BCUT2D eigenvalue weighted by Gasteiger charge is -2.25. The second-order valence-electron chi connectivity index (χ2n) is 11.8. The first-order chi connectivity index (χ1) is 20.0. The summed E-state index contributed by atoms with van der Waals surface area (Å²) >= 11 is 6.23. The molecule has 0 radical (unpaired) electrons. The normalized spacial score (nSPS) is 15.7. The van der Waals surface area contributed by atoms with Crippen LogP contribution in [0.5, 0.6) is 0 Å². The molecule has 43 heavy (non-hydrogen) atoms. The van der Waals surface area contributed by atoms with Crippen molar-refractivity contribution < 1.29 is 33.8 Å². The number of aliphatic hydroxyl groups is 1. The van der Waals surface area contributed by atoms with E-state index in [0.29, 0.717) is 37.5 Å². The summed E-state index contributed by atoms with van der Waals surface area (Å²) in [5.41, 5.74) is -0.783. The number of nitrogens with zero attached hydrogens (tertiary/aromatic N) is 4. The molecule has 224 valence electrons. The fourth-order valence-corrected chi connectivity index (χ4v) is 4.63. The first kappa shape index (κ1) is 31.3. The molecule has 1 saturated heterocycles. The molecule has 4 amide bonds. The summed E-state index contributed by atoms with van der Waals surface area (Å²) in [6.45, 7) is 9.32. The van der Waals surface area contributed by atoms with Crippen LogP contribution in [0.2, 0.25) is 5.02 Å². The third kappa shape index (κ3) is 6.56. The topological polar surface area (TPSA) is 142 Å². The summed E-state index contributed by atoms with van der Waals surface area (Å²) in [4.78, 5) is 55.5. The fourth-order valence-electron chi connectivity index (χ4n) is 4.47. The average Bonchev–Trinajstić information content (AvgIpc) is 3.37. The van der Waals surface area contributed by atoms with Gasteiger partial charge in [0.05, 0.1) is 29.8 Å². The Bertz CT molecular complexity index is 1690. The van der Waals surface area contributed by atoms with Crippen LogP contribution in [0, 0.1) is 11.3 Å². The Hall–Kier alpha value is -4.66. The van der Waals surface area contributed by atoms with Crippen LogP contribution in [0.4, 0.5) is 14.4 Å². The van der Waals surface area contributed by atoms with Gasteiger partial charge in [0.25, 0.3) is 5.91 Å². The number of urea groups is 1. The van der Waals surface area contributed by atoms with E-state index in [1.807, 2.05) is 6.07 Å². The van der Waals surface area contributed by atoms with Crippen LogP contribution >= 0.6 is 11.6 Å². The Kier molecular flexibility index (Phi) is 8.40. The van der Waals surface area contributed by atoms with E-state index >= 15 is 0 Å². The van der Waals surface area contributed by atoms with Crippen molar-refractivity contribution in [1.29, 1.82) is 5.26 Å². The molecule has 1 fully saturated rings. The minimum Gasteiger partial charge on any atom is -0.443 e. The van der Waals surface area contributed by atoms with Gasteiger partial charge in [-0.2, -0.15) is 10.2 Å². The van der Waals surface area contributed by atoms with Gasteiger partial charge >= 0.3 is 18.2 Å². The van der Waals surface area contributed by atoms with E-state index in [4.69, 9.17) is 26.3 Å². The van der Waals surface area contributed by atoms with Crippen molar-refractivity contribution in [3.63, 3.8) is 0 Å². The fraction of sp³-hybridized carbons (Fsp3) is 0.323. The number of carbonyl (C=O) groups excluding carboxylic acids is 4. The second kappa shape index (κ2) is 11.6. The van der Waals surface area contributed by atoms with Crippen molar-refractivity contribution in [2.45, 2.75) is 58.8 Å². The molecule has 12 heteroatoms. The summed E-state index contributed by atoms with van der Waals surface area (Å²) < 4.78 is 12.2. The molecule has 1 aliphatic heterocycles. The number of hydrogen-bond donors (Lipinski definition) is 1. The van der Waals surface area contributed by atoms with Gasteiger partial charge < -0.3 is 14.6 Å². The summed E-state index contributed by atoms with van der Waals surface area (Å²) in [7, 11) is 0. The number of amides is 4. The van der Waals surface area contributed by atoms with Crippen LogP contribution in [-0.2, 0) is 14.3 Å². The Morgan fingerprint density at radius 3 is 2.16 bits per heavy atom. The van der Waals surface area contributed by atoms with Crippen LogP contribution in [0.3, 0.4) is 0 Å². The highest BCUT2D eigenvalue weighted by molar-refractivity contribution is 6.31. The van der Waals surface area contributed by atoms with E-state index in [2.05, 4.69) is 0 Å². The van der Waals surface area contributed by atoms with Gasteiger partial charge in [0.1, 0.15) is 16.9 Å². The molecular weight excluding hydrogens is 576 g/mol. The van der Waals surface area contributed by atoms with E-state index < -0.39 is 48.0 Å². The largest absolute Gasteiger partial charge is 0.443 e. The van der Waals surface area contributed by atoms with Crippen molar-refractivity contribution in [2.75, 3.05) is 6.61 Å². The monoisotopic (exact) mass is 606 g/mol. The zero-order valence-corrected chi connectivity index (χ0v) is 25.3. The smallest absolute Gasteiger partial charge is 0.423 e. The van der Waals surface area contributed by atoms with Gasteiger partial charge in [-0.15, -0.1) is 0 Å². The maximum absolute atomic E-state index is 13.9. The molecule has 4 rings (SSSR count). The van der Waals surface area contributed by atoms with Gasteiger partial charge in [0.2, 0.25) is 0 Å². The minimum absolute atomic E-state index is 0.308. The number of imide groups is 2. The molecule has 0 saturated carbocycles. The molecule has 1 atom stereocenters. The Morgan fingerprint density at radius 1 is 1.00 bits per heavy atom. The summed E-state index contributed by atoms with van der Waals surface area (Å²) in [5.74, 6) is -0.883. The minimum atomic E-state index is -1.18. The first-order valence-electron chi connectivity index (χ1n) is 13.3. The molecule has 1 aliphatic rings. The van der Waals surface area contributed by atoms with Crippen molar-refractivity contribution >= 4 is 52.7 Å². The molecule has 0 bridgehead atoms. The first-order valence-corrected chi connectivity index (χ1v) is 13.7. The third-order valence-corrected chi connectivity index (χ3v) is 6.48. The van der Waals surface area contributed by atoms with Crippen molar-refractivity contribution in [3.05, 3.63) is 76.1 Å². The molecule has 3 aromatic rings. The lowest BCUT2D eigenvalue weighted by atomic mass is 10.0. The van der Waals surface area contributed by atoms with Gasteiger partial charge in [-0.25, -0.2) is 19.3 Å². The molecule has 1 unspecified atom stereocenters. The number of hydrogen-bond acceptors (Lipinski definition) is 8. The van der Waals surface area contributed by atoms with E-state index in [1.165, 1.54) is 41.1 Å². The predicted molar refractivity (Wildman–Crippen MR) is 158 cm³/mol. The lowest BCUT2D eigenvalue weighted by molar-refractivity contribution is -0.125. The number of carbonyl (C=O) groups is 4. The maximum Gasteiger partial charge on any atom is 0.423 e. The number of ether oxygens (including phenoxy) is 2. The summed E-state index contributed by atoms with van der Waals surface area (Å²) in [6.07, 6.45) is 0.911. The van der Waals surface area contributed by atoms with Crippen molar-refractivity contribution in [3.8, 4) is 6.07 Å². The van der Waals surface area contributed by atoms with Gasteiger partial charge in [0, 0.05) is 22.2 Å². The second-order valence-corrected chi connectivity index (χ2v) is 12.3. The quantitative estimate of drug-likeness (QED) is 0.272. The van der Waals surface area contributed by atoms with Crippen LogP contribution in [0.25, 0.3) is 17.0 Å². The highest BCUT2D eigenvalue weighted by Gasteiger charge is 2.49. The van der Waals surface area contributed by atoms with Gasteiger partial charge in [-0.1, -0.05) is 29.8 Å². The molecule has 0 aliphatic carbocycles. The maximum atomic E-state index is 13.9. The van der Waals surface area contributed by atoms with Crippen LogP contribution < -0.4 is 0 Å².